The third-order valence-electron chi connectivity index (χ3n) is 4.96. The summed E-state index contributed by atoms with van der Waals surface area (Å²) in [5.41, 5.74) is 3.09. The lowest BCUT2D eigenvalue weighted by Crippen LogP contribution is -2.44. The number of hydrogen-bond acceptors (Lipinski definition) is 4. The molecule has 3 rings (SSSR count). The minimum absolute atomic E-state index is 0.146. The summed E-state index contributed by atoms with van der Waals surface area (Å²) in [5, 5.41) is 3.07. The fraction of sp³-hybridized carbons (Fsp3) is 0.381. The molecule has 0 saturated carbocycles. The van der Waals surface area contributed by atoms with Gasteiger partial charge in [0.15, 0.2) is 9.84 Å². The Balaban J connectivity index is 1.50. The Kier molecular flexibility index (Phi) is 5.97. The van der Waals surface area contributed by atoms with Crippen LogP contribution in [0.15, 0.2) is 53.4 Å². The molecule has 2 aromatic rings. The molecular weight excluding hydrogens is 360 g/mol. The highest BCUT2D eigenvalue weighted by atomic mass is 32.2. The molecular formula is C21H26N2O3S. The summed E-state index contributed by atoms with van der Waals surface area (Å²) in [5.74, 6) is -0.146. The van der Waals surface area contributed by atoms with Crippen LogP contribution >= 0.6 is 0 Å². The normalized spacial score (nSPS) is 16.2. The van der Waals surface area contributed by atoms with Crippen molar-refractivity contribution < 1.29 is 13.2 Å². The summed E-state index contributed by atoms with van der Waals surface area (Å²) >= 11 is 0. The lowest BCUT2D eigenvalue weighted by atomic mass is 10.0. The van der Waals surface area contributed by atoms with Crippen molar-refractivity contribution in [2.45, 2.75) is 37.2 Å². The van der Waals surface area contributed by atoms with Crippen LogP contribution in [0.4, 0.5) is 0 Å². The molecule has 1 saturated heterocycles. The highest BCUT2D eigenvalue weighted by Gasteiger charge is 2.21. The Morgan fingerprint density at radius 2 is 1.78 bits per heavy atom. The van der Waals surface area contributed by atoms with Gasteiger partial charge < -0.3 is 5.32 Å². The van der Waals surface area contributed by atoms with E-state index in [-0.39, 0.29) is 16.8 Å². The summed E-state index contributed by atoms with van der Waals surface area (Å²) in [4.78, 5) is 15.1. The van der Waals surface area contributed by atoms with Crippen LogP contribution in [0.2, 0.25) is 0 Å². The standard InChI is InChI=1S/C21H26N2O3S/c1-16-4-3-5-17(14-16)15-23-12-10-19(11-13-23)22-21(24)18-6-8-20(9-7-18)27(2,25)26/h3-9,14,19H,10-13,15H2,1-2H3,(H,22,24). The van der Waals surface area contributed by atoms with Crippen LogP contribution in [-0.4, -0.2) is 44.6 Å². The Bertz CT molecular complexity index is 899. The zero-order valence-corrected chi connectivity index (χ0v) is 16.6. The van der Waals surface area contributed by atoms with E-state index in [1.54, 1.807) is 12.1 Å². The summed E-state index contributed by atoms with van der Waals surface area (Å²) in [6, 6.07) is 14.8. The van der Waals surface area contributed by atoms with Gasteiger partial charge in [0.25, 0.3) is 5.91 Å². The molecule has 1 fully saturated rings. The zero-order chi connectivity index (χ0) is 19.4. The fourth-order valence-corrected chi connectivity index (χ4v) is 4.06. The van der Waals surface area contributed by atoms with Gasteiger partial charge in [-0.3, -0.25) is 9.69 Å². The number of aryl methyl sites for hydroxylation is 1. The maximum absolute atomic E-state index is 12.4. The van der Waals surface area contributed by atoms with Crippen LogP contribution in [0.1, 0.15) is 34.3 Å². The van der Waals surface area contributed by atoms with E-state index in [1.165, 1.54) is 23.3 Å². The quantitative estimate of drug-likeness (QED) is 0.858. The second-order valence-electron chi connectivity index (χ2n) is 7.31. The van der Waals surface area contributed by atoms with Crippen LogP contribution in [0.3, 0.4) is 0 Å². The summed E-state index contributed by atoms with van der Waals surface area (Å²) < 4.78 is 23.0. The molecule has 27 heavy (non-hydrogen) atoms. The van der Waals surface area contributed by atoms with Crippen molar-refractivity contribution in [1.29, 1.82) is 0 Å². The number of sulfone groups is 1. The van der Waals surface area contributed by atoms with Gasteiger partial charge in [0.2, 0.25) is 0 Å². The van der Waals surface area contributed by atoms with Gasteiger partial charge in [0, 0.05) is 37.5 Å². The Hall–Kier alpha value is -2.18. The second kappa shape index (κ2) is 8.23. The maximum Gasteiger partial charge on any atom is 0.251 e. The SMILES string of the molecule is Cc1cccc(CN2CCC(NC(=O)c3ccc(S(C)(=O)=O)cc3)CC2)c1. The predicted molar refractivity (Wildman–Crippen MR) is 106 cm³/mol. The van der Waals surface area contributed by atoms with Gasteiger partial charge in [-0.15, -0.1) is 0 Å². The highest BCUT2D eigenvalue weighted by Crippen LogP contribution is 2.16. The number of benzene rings is 2. The average Bonchev–Trinajstić information content (AvgIpc) is 2.63. The minimum atomic E-state index is -3.24. The molecule has 0 spiro atoms. The predicted octanol–water partition coefficient (Wildman–Crippen LogP) is 2.79. The van der Waals surface area contributed by atoms with Crippen LogP contribution in [0.5, 0.6) is 0 Å². The number of carbonyl (C=O) groups excluding carboxylic acids is 1. The van der Waals surface area contributed by atoms with Crippen LogP contribution in [0, 0.1) is 6.92 Å². The first-order valence-corrected chi connectivity index (χ1v) is 11.1. The summed E-state index contributed by atoms with van der Waals surface area (Å²) in [7, 11) is -3.24. The largest absolute Gasteiger partial charge is 0.349 e. The molecule has 0 bridgehead atoms. The second-order valence-corrected chi connectivity index (χ2v) is 9.33. The molecule has 0 unspecified atom stereocenters. The van der Waals surface area contributed by atoms with Gasteiger partial charge in [-0.2, -0.15) is 0 Å². The molecule has 0 radical (unpaired) electrons. The molecule has 1 aliphatic rings. The van der Waals surface area contributed by atoms with E-state index in [0.29, 0.717) is 5.56 Å². The van der Waals surface area contributed by atoms with Crippen molar-refractivity contribution in [2.24, 2.45) is 0 Å². The number of piperidine rings is 1. The molecule has 2 aromatic carbocycles. The van der Waals surface area contributed by atoms with Gasteiger partial charge in [0.05, 0.1) is 4.90 Å². The van der Waals surface area contributed by atoms with E-state index in [4.69, 9.17) is 0 Å². The van der Waals surface area contributed by atoms with Crippen molar-refractivity contribution >= 4 is 15.7 Å². The molecule has 1 N–H and O–H groups in total. The van der Waals surface area contributed by atoms with E-state index < -0.39 is 9.84 Å². The van der Waals surface area contributed by atoms with Crippen molar-refractivity contribution in [3.8, 4) is 0 Å². The Labute approximate surface area is 161 Å². The molecule has 1 amide bonds. The number of rotatable bonds is 5. The first-order valence-electron chi connectivity index (χ1n) is 9.20. The number of nitrogens with one attached hydrogen (secondary N) is 1. The van der Waals surface area contributed by atoms with Gasteiger partial charge in [-0.1, -0.05) is 29.8 Å². The molecule has 0 atom stereocenters. The number of carbonyl (C=O) groups is 1. The van der Waals surface area contributed by atoms with Crippen LogP contribution in [0.25, 0.3) is 0 Å². The molecule has 144 valence electrons. The first-order chi connectivity index (χ1) is 12.8. The zero-order valence-electron chi connectivity index (χ0n) is 15.8. The fourth-order valence-electron chi connectivity index (χ4n) is 3.43. The van der Waals surface area contributed by atoms with E-state index >= 15 is 0 Å². The van der Waals surface area contributed by atoms with Crippen molar-refractivity contribution in [1.82, 2.24) is 10.2 Å². The van der Waals surface area contributed by atoms with E-state index in [1.807, 2.05) is 0 Å². The van der Waals surface area contributed by atoms with Gasteiger partial charge >= 0.3 is 0 Å². The summed E-state index contributed by atoms with van der Waals surface area (Å²) in [6.07, 6.45) is 2.99. The maximum atomic E-state index is 12.4. The van der Waals surface area contributed by atoms with Crippen molar-refractivity contribution in [3.63, 3.8) is 0 Å². The molecule has 1 aliphatic heterocycles. The molecule has 6 heteroatoms. The Morgan fingerprint density at radius 3 is 2.37 bits per heavy atom. The third kappa shape index (κ3) is 5.40. The van der Waals surface area contributed by atoms with Crippen molar-refractivity contribution in [3.05, 3.63) is 65.2 Å². The number of hydrogen-bond donors (Lipinski definition) is 1. The van der Waals surface area contributed by atoms with E-state index in [0.717, 1.165) is 38.7 Å². The molecule has 0 aromatic heterocycles. The lowest BCUT2D eigenvalue weighted by Gasteiger charge is -2.32. The topological polar surface area (TPSA) is 66.5 Å². The van der Waals surface area contributed by atoms with Gasteiger partial charge in [-0.05, 0) is 49.6 Å². The number of likely N-dealkylation sites (tertiary alicyclic amines) is 1. The highest BCUT2D eigenvalue weighted by molar-refractivity contribution is 7.90. The smallest absolute Gasteiger partial charge is 0.251 e. The van der Waals surface area contributed by atoms with Crippen LogP contribution in [-0.2, 0) is 16.4 Å². The van der Waals surface area contributed by atoms with E-state index in [2.05, 4.69) is 41.4 Å². The third-order valence-corrected chi connectivity index (χ3v) is 6.08. The first kappa shape index (κ1) is 19.6. The monoisotopic (exact) mass is 386 g/mol. The average molecular weight is 387 g/mol. The minimum Gasteiger partial charge on any atom is -0.349 e. The van der Waals surface area contributed by atoms with Gasteiger partial charge in [0.1, 0.15) is 0 Å². The Morgan fingerprint density at radius 1 is 1.11 bits per heavy atom. The van der Waals surface area contributed by atoms with Crippen molar-refractivity contribution in [2.75, 3.05) is 19.3 Å². The molecule has 1 heterocycles. The number of nitrogens with zero attached hydrogens (tertiary/aromatic N) is 1. The van der Waals surface area contributed by atoms with E-state index in [9.17, 15) is 13.2 Å². The molecule has 0 aliphatic carbocycles. The number of amides is 1. The lowest BCUT2D eigenvalue weighted by molar-refractivity contribution is 0.0909. The molecule has 5 nitrogen and oxygen atoms in total. The van der Waals surface area contributed by atoms with Crippen LogP contribution < -0.4 is 5.32 Å². The van der Waals surface area contributed by atoms with Gasteiger partial charge in [-0.25, -0.2) is 8.42 Å². The summed E-state index contributed by atoms with van der Waals surface area (Å²) in [6.45, 7) is 4.95.